The summed E-state index contributed by atoms with van der Waals surface area (Å²) in [7, 11) is 0. The summed E-state index contributed by atoms with van der Waals surface area (Å²) < 4.78 is 5.44. The van der Waals surface area contributed by atoms with E-state index in [1.54, 1.807) is 6.92 Å². The van der Waals surface area contributed by atoms with E-state index < -0.39 is 0 Å². The number of nitrogens with one attached hydrogen (secondary N) is 1. The van der Waals surface area contributed by atoms with Gasteiger partial charge in [0.15, 0.2) is 11.5 Å². The van der Waals surface area contributed by atoms with Crippen LogP contribution in [0.1, 0.15) is 16.2 Å². The SMILES string of the molecule is Cc1nc2cc(NC(=O)c3ccc(-c4ccccc4)cc3)ccc2o1. The quantitative estimate of drug-likeness (QED) is 0.572. The van der Waals surface area contributed by atoms with Crippen LogP contribution in [0.5, 0.6) is 0 Å². The zero-order valence-electron chi connectivity index (χ0n) is 13.7. The number of carbonyl (C=O) groups excluding carboxylic acids is 1. The molecule has 4 rings (SSSR count). The third-order valence-corrected chi connectivity index (χ3v) is 4.01. The van der Waals surface area contributed by atoms with E-state index in [4.69, 9.17) is 4.42 Å². The number of nitrogens with zero attached hydrogens (tertiary/aromatic N) is 1. The first-order valence-corrected chi connectivity index (χ1v) is 8.03. The summed E-state index contributed by atoms with van der Waals surface area (Å²) in [5.74, 6) is 0.453. The molecule has 1 N–H and O–H groups in total. The standard InChI is InChI=1S/C21H16N2O2/c1-14-22-19-13-18(11-12-20(19)25-14)23-21(24)17-9-7-16(8-10-17)15-5-3-2-4-6-15/h2-13H,1H3,(H,23,24). The molecule has 1 aromatic heterocycles. The van der Waals surface area contributed by atoms with E-state index in [1.807, 2.05) is 72.8 Å². The van der Waals surface area contributed by atoms with Crippen molar-refractivity contribution in [3.05, 3.63) is 84.3 Å². The smallest absolute Gasteiger partial charge is 0.255 e. The molecule has 122 valence electrons. The topological polar surface area (TPSA) is 55.1 Å². The molecular weight excluding hydrogens is 312 g/mol. The van der Waals surface area contributed by atoms with Gasteiger partial charge in [-0.3, -0.25) is 4.79 Å². The first-order valence-electron chi connectivity index (χ1n) is 8.03. The average molecular weight is 328 g/mol. The van der Waals surface area contributed by atoms with Gasteiger partial charge in [-0.15, -0.1) is 0 Å². The van der Waals surface area contributed by atoms with Crippen molar-refractivity contribution >= 4 is 22.7 Å². The monoisotopic (exact) mass is 328 g/mol. The van der Waals surface area contributed by atoms with E-state index >= 15 is 0 Å². The zero-order chi connectivity index (χ0) is 17.2. The first kappa shape index (κ1) is 15.1. The summed E-state index contributed by atoms with van der Waals surface area (Å²) in [6, 6.07) is 23.1. The normalized spacial score (nSPS) is 10.8. The summed E-state index contributed by atoms with van der Waals surface area (Å²) in [5.41, 5.74) is 4.95. The number of benzene rings is 3. The molecule has 0 saturated carbocycles. The van der Waals surface area contributed by atoms with Gasteiger partial charge in [-0.25, -0.2) is 4.98 Å². The Bertz CT molecular complexity index is 1030. The van der Waals surface area contributed by atoms with Gasteiger partial charge in [-0.2, -0.15) is 0 Å². The number of aryl methyl sites for hydroxylation is 1. The molecule has 0 spiro atoms. The number of anilines is 1. The fourth-order valence-corrected chi connectivity index (χ4v) is 2.77. The van der Waals surface area contributed by atoms with Gasteiger partial charge >= 0.3 is 0 Å². The van der Waals surface area contributed by atoms with Crippen molar-refractivity contribution in [3.8, 4) is 11.1 Å². The summed E-state index contributed by atoms with van der Waals surface area (Å²) >= 11 is 0. The van der Waals surface area contributed by atoms with Crippen LogP contribution in [0.15, 0.2) is 77.2 Å². The van der Waals surface area contributed by atoms with Crippen LogP contribution in [0.4, 0.5) is 5.69 Å². The van der Waals surface area contributed by atoms with Crippen molar-refractivity contribution in [3.63, 3.8) is 0 Å². The largest absolute Gasteiger partial charge is 0.441 e. The van der Waals surface area contributed by atoms with Crippen LogP contribution in [-0.2, 0) is 0 Å². The Kier molecular flexibility index (Phi) is 3.78. The minimum absolute atomic E-state index is 0.154. The third kappa shape index (κ3) is 3.15. The molecule has 1 amide bonds. The predicted octanol–water partition coefficient (Wildman–Crippen LogP) is 5.06. The lowest BCUT2D eigenvalue weighted by molar-refractivity contribution is 0.102. The van der Waals surface area contributed by atoms with Crippen molar-refractivity contribution in [2.24, 2.45) is 0 Å². The zero-order valence-corrected chi connectivity index (χ0v) is 13.7. The van der Waals surface area contributed by atoms with E-state index in [0.29, 0.717) is 22.7 Å². The number of hydrogen-bond donors (Lipinski definition) is 1. The third-order valence-electron chi connectivity index (χ3n) is 4.01. The van der Waals surface area contributed by atoms with Crippen LogP contribution in [0.25, 0.3) is 22.2 Å². The number of oxazole rings is 1. The molecule has 0 fully saturated rings. The number of fused-ring (bicyclic) bond motifs is 1. The fraction of sp³-hybridized carbons (Fsp3) is 0.0476. The second kappa shape index (κ2) is 6.24. The summed E-state index contributed by atoms with van der Waals surface area (Å²) in [4.78, 5) is 16.7. The van der Waals surface area contributed by atoms with E-state index in [1.165, 1.54) is 0 Å². The van der Waals surface area contributed by atoms with Gasteiger partial charge in [0.2, 0.25) is 0 Å². The van der Waals surface area contributed by atoms with Crippen LogP contribution in [0.3, 0.4) is 0 Å². The van der Waals surface area contributed by atoms with Crippen LogP contribution < -0.4 is 5.32 Å². The second-order valence-corrected chi connectivity index (χ2v) is 5.81. The van der Waals surface area contributed by atoms with Gasteiger partial charge in [-0.05, 0) is 41.5 Å². The molecule has 4 nitrogen and oxygen atoms in total. The van der Waals surface area contributed by atoms with Crippen molar-refractivity contribution in [2.45, 2.75) is 6.92 Å². The first-order chi connectivity index (χ1) is 12.2. The van der Waals surface area contributed by atoms with Gasteiger partial charge in [0.1, 0.15) is 5.52 Å². The van der Waals surface area contributed by atoms with Crippen molar-refractivity contribution in [2.75, 3.05) is 5.32 Å². The second-order valence-electron chi connectivity index (χ2n) is 5.81. The Labute approximate surface area is 145 Å². The Morgan fingerprint density at radius 3 is 2.40 bits per heavy atom. The molecule has 4 aromatic rings. The Hall–Kier alpha value is -3.40. The number of hydrogen-bond acceptors (Lipinski definition) is 3. The van der Waals surface area contributed by atoms with Gasteiger partial charge in [-0.1, -0.05) is 42.5 Å². The highest BCUT2D eigenvalue weighted by Crippen LogP contribution is 2.22. The highest BCUT2D eigenvalue weighted by atomic mass is 16.3. The van der Waals surface area contributed by atoms with Crippen LogP contribution >= 0.6 is 0 Å². The molecule has 0 aliphatic carbocycles. The lowest BCUT2D eigenvalue weighted by Crippen LogP contribution is -2.11. The van der Waals surface area contributed by atoms with Gasteiger partial charge < -0.3 is 9.73 Å². The predicted molar refractivity (Wildman–Crippen MR) is 98.6 cm³/mol. The minimum atomic E-state index is -0.154. The molecule has 0 aliphatic heterocycles. The highest BCUT2D eigenvalue weighted by molar-refractivity contribution is 6.05. The number of amides is 1. The maximum atomic E-state index is 12.4. The lowest BCUT2D eigenvalue weighted by Gasteiger charge is -2.06. The van der Waals surface area contributed by atoms with Gasteiger partial charge in [0, 0.05) is 18.2 Å². The number of aromatic nitrogens is 1. The Morgan fingerprint density at radius 1 is 0.920 bits per heavy atom. The molecule has 4 heteroatoms. The molecule has 0 unspecified atom stereocenters. The number of rotatable bonds is 3. The molecule has 3 aromatic carbocycles. The summed E-state index contributed by atoms with van der Waals surface area (Å²) in [5, 5.41) is 2.90. The Balaban J connectivity index is 1.53. The molecular formula is C21H16N2O2. The molecule has 0 bridgehead atoms. The average Bonchev–Trinajstić information content (AvgIpc) is 3.02. The molecule has 0 atom stereocenters. The van der Waals surface area contributed by atoms with Crippen molar-refractivity contribution < 1.29 is 9.21 Å². The maximum absolute atomic E-state index is 12.4. The highest BCUT2D eigenvalue weighted by Gasteiger charge is 2.09. The van der Waals surface area contributed by atoms with Crippen LogP contribution in [-0.4, -0.2) is 10.9 Å². The summed E-state index contributed by atoms with van der Waals surface area (Å²) in [6.45, 7) is 1.80. The van der Waals surface area contributed by atoms with E-state index in [-0.39, 0.29) is 5.91 Å². The van der Waals surface area contributed by atoms with E-state index in [9.17, 15) is 4.79 Å². The summed E-state index contributed by atoms with van der Waals surface area (Å²) in [6.07, 6.45) is 0. The van der Waals surface area contributed by atoms with Gasteiger partial charge in [0.25, 0.3) is 5.91 Å². The molecule has 0 radical (unpaired) electrons. The van der Waals surface area contributed by atoms with Crippen LogP contribution in [0.2, 0.25) is 0 Å². The number of carbonyl (C=O) groups is 1. The van der Waals surface area contributed by atoms with E-state index in [0.717, 1.165) is 16.6 Å². The lowest BCUT2D eigenvalue weighted by atomic mass is 10.0. The van der Waals surface area contributed by atoms with Gasteiger partial charge in [0.05, 0.1) is 0 Å². The molecule has 25 heavy (non-hydrogen) atoms. The Morgan fingerprint density at radius 2 is 1.64 bits per heavy atom. The molecule has 1 heterocycles. The maximum Gasteiger partial charge on any atom is 0.255 e. The van der Waals surface area contributed by atoms with Crippen molar-refractivity contribution in [1.82, 2.24) is 4.98 Å². The van der Waals surface area contributed by atoms with E-state index in [2.05, 4.69) is 10.3 Å². The molecule has 0 saturated heterocycles. The fourth-order valence-electron chi connectivity index (χ4n) is 2.77. The molecule has 0 aliphatic rings. The van der Waals surface area contributed by atoms with Crippen molar-refractivity contribution in [1.29, 1.82) is 0 Å². The minimum Gasteiger partial charge on any atom is -0.441 e. The van der Waals surface area contributed by atoms with Crippen LogP contribution in [0, 0.1) is 6.92 Å².